The summed E-state index contributed by atoms with van der Waals surface area (Å²) >= 11 is 0. The largest absolute Gasteiger partial charge is 0.486 e. The van der Waals surface area contributed by atoms with E-state index in [0.29, 0.717) is 11.5 Å². The molecule has 0 aromatic rings. The average molecular weight is 271 g/mol. The third-order valence-corrected chi connectivity index (χ3v) is 2.97. The van der Waals surface area contributed by atoms with E-state index in [0.717, 1.165) is 5.57 Å². The lowest BCUT2D eigenvalue weighted by Gasteiger charge is -2.06. The molecule has 0 radical (unpaired) electrons. The minimum Gasteiger partial charge on any atom is -0.486 e. The van der Waals surface area contributed by atoms with Crippen molar-refractivity contribution in [1.82, 2.24) is 0 Å². The third kappa shape index (κ3) is 4.71. The molecule has 0 saturated carbocycles. The average Bonchev–Trinajstić information content (AvgIpc) is 2.33. The number of hydrogen-bond acceptors (Lipinski definition) is 3. The molecule has 1 aliphatic carbocycles. The van der Waals surface area contributed by atoms with Gasteiger partial charge < -0.3 is 4.74 Å². The molecule has 0 bridgehead atoms. The van der Waals surface area contributed by atoms with Gasteiger partial charge in [0.25, 0.3) is 17.2 Å². The van der Waals surface area contributed by atoms with Gasteiger partial charge in [-0.15, -0.1) is 0 Å². The Morgan fingerprint density at radius 2 is 2.33 bits per heavy atom. The van der Waals surface area contributed by atoms with Crippen LogP contribution >= 0.6 is 0 Å². The Morgan fingerprint density at radius 3 is 2.89 bits per heavy atom. The van der Waals surface area contributed by atoms with Crippen LogP contribution < -0.4 is 0 Å². The Balaban J connectivity index is 2.57. The highest BCUT2D eigenvalue weighted by Crippen LogP contribution is 2.12. The molecule has 1 aliphatic rings. The molecular formula is C12H15O5S+. The highest BCUT2D eigenvalue weighted by molar-refractivity contribution is 7.85. The zero-order valence-electron chi connectivity index (χ0n) is 10.0. The number of rotatable bonds is 6. The smallest absolute Gasteiger partial charge is 0.358 e. The van der Waals surface area contributed by atoms with Crippen molar-refractivity contribution >= 4 is 15.9 Å². The van der Waals surface area contributed by atoms with Gasteiger partial charge in [0.15, 0.2) is 5.76 Å². The van der Waals surface area contributed by atoms with Crippen molar-refractivity contribution in [3.8, 4) is 0 Å². The molecule has 0 atom stereocenters. The summed E-state index contributed by atoms with van der Waals surface area (Å²) in [4.78, 5) is 0. The lowest BCUT2D eigenvalue weighted by atomic mass is 10.1. The molecule has 1 rings (SSSR count). The fourth-order valence-electron chi connectivity index (χ4n) is 1.32. The molecular weight excluding hydrogens is 256 g/mol. The summed E-state index contributed by atoms with van der Waals surface area (Å²) in [7, 11) is -2.38. The van der Waals surface area contributed by atoms with Gasteiger partial charge in [-0.25, -0.2) is 0 Å². The van der Waals surface area contributed by atoms with Crippen LogP contribution in [0.1, 0.15) is 6.42 Å². The van der Waals surface area contributed by atoms with E-state index >= 15 is 0 Å². The molecule has 0 amide bonds. The van der Waals surface area contributed by atoms with Crippen molar-refractivity contribution in [3.05, 3.63) is 41.9 Å². The summed E-state index contributed by atoms with van der Waals surface area (Å²) in [5.74, 6) is 0.786. The maximum atomic E-state index is 10.5. The molecule has 18 heavy (non-hydrogen) atoms. The van der Waals surface area contributed by atoms with Gasteiger partial charge >= 0.3 is 5.78 Å². The summed E-state index contributed by atoms with van der Waals surface area (Å²) in [6.07, 6.45) is 5.15. The summed E-state index contributed by atoms with van der Waals surface area (Å²) in [5.41, 5.74) is 3.62. The van der Waals surface area contributed by atoms with Crippen LogP contribution in [0.3, 0.4) is 0 Å². The third-order valence-electron chi connectivity index (χ3n) is 2.16. The summed E-state index contributed by atoms with van der Waals surface area (Å²) in [6, 6.07) is 0. The van der Waals surface area contributed by atoms with Gasteiger partial charge in [-0.3, -0.25) is 8.98 Å². The number of ether oxygens (including phenoxy) is 1. The van der Waals surface area contributed by atoms with Crippen molar-refractivity contribution < 1.29 is 22.1 Å². The van der Waals surface area contributed by atoms with E-state index in [2.05, 4.69) is 12.3 Å². The first-order valence-corrected chi connectivity index (χ1v) is 6.87. The van der Waals surface area contributed by atoms with E-state index in [1.165, 1.54) is 0 Å². The zero-order valence-corrected chi connectivity index (χ0v) is 10.9. The summed E-state index contributed by atoms with van der Waals surface area (Å²) in [6.45, 7) is 3.83. The van der Waals surface area contributed by atoms with Crippen molar-refractivity contribution in [2.75, 3.05) is 19.5 Å². The summed E-state index contributed by atoms with van der Waals surface area (Å²) < 4.78 is 39.9. The van der Waals surface area contributed by atoms with Gasteiger partial charge in [0.1, 0.15) is 0 Å². The van der Waals surface area contributed by atoms with E-state index in [9.17, 15) is 8.42 Å². The first-order chi connectivity index (χ1) is 8.46. The Morgan fingerprint density at radius 1 is 1.61 bits per heavy atom. The predicted octanol–water partition coefficient (Wildman–Crippen LogP) is 1.18. The molecule has 0 fully saturated rings. The Labute approximate surface area is 106 Å². The maximum absolute atomic E-state index is 10.5. The van der Waals surface area contributed by atoms with Crippen LogP contribution in [0.5, 0.6) is 0 Å². The van der Waals surface area contributed by atoms with Crippen molar-refractivity contribution in [3.63, 3.8) is 0 Å². The van der Waals surface area contributed by atoms with Crippen LogP contribution in [0.15, 0.2) is 41.9 Å². The second-order valence-electron chi connectivity index (χ2n) is 3.51. The van der Waals surface area contributed by atoms with Crippen LogP contribution in [0, 0.1) is 0 Å². The number of carbonyl (C=O) groups excluding carboxylic acids is 1. The number of ketones is 1. The van der Waals surface area contributed by atoms with Crippen molar-refractivity contribution in [2.45, 2.75) is 6.42 Å². The first-order valence-electron chi connectivity index (χ1n) is 5.26. The Kier molecular flexibility index (Phi) is 5.09. The van der Waals surface area contributed by atoms with E-state index in [1.54, 1.807) is 25.3 Å². The Bertz CT molecular complexity index is 545. The van der Waals surface area contributed by atoms with Crippen LogP contribution in [0.25, 0.3) is 0 Å². The number of hydrogen-bond donors (Lipinski definition) is 1. The monoisotopic (exact) mass is 271 g/mol. The van der Waals surface area contributed by atoms with E-state index < -0.39 is 10.1 Å². The topological polar surface area (TPSA) is 74.9 Å². The molecule has 6 heteroatoms. The van der Waals surface area contributed by atoms with Gasteiger partial charge in [0, 0.05) is 6.08 Å². The normalized spacial score (nSPS) is 17.3. The van der Waals surface area contributed by atoms with Crippen molar-refractivity contribution in [1.29, 1.82) is 0 Å². The standard InChI is InChI=1S/C12H14O5S/c1-3-10-9-11(5-6-12(10)16-2)17-7-4-8-18(13,14)15/h3,6,9H,1,4,7-8H2,2H3/p+1. The van der Waals surface area contributed by atoms with E-state index in [1.807, 2.05) is 0 Å². The minimum atomic E-state index is -3.93. The lowest BCUT2D eigenvalue weighted by Crippen LogP contribution is -2.08. The molecule has 5 nitrogen and oxygen atoms in total. The molecule has 0 heterocycles. The summed E-state index contributed by atoms with van der Waals surface area (Å²) in [5, 5.41) is 0. The molecule has 0 aromatic carbocycles. The second kappa shape index (κ2) is 6.35. The molecule has 0 aromatic heterocycles. The second-order valence-corrected chi connectivity index (χ2v) is 5.09. The van der Waals surface area contributed by atoms with Gasteiger partial charge in [-0.2, -0.15) is 8.42 Å². The van der Waals surface area contributed by atoms with Crippen molar-refractivity contribution in [2.24, 2.45) is 0 Å². The molecule has 1 N–H and O–H groups in total. The molecule has 0 spiro atoms. The van der Waals surface area contributed by atoms with Gasteiger partial charge in [-0.05, 0) is 6.42 Å². The predicted molar refractivity (Wildman–Crippen MR) is 67.8 cm³/mol. The van der Waals surface area contributed by atoms with Gasteiger partial charge in [-0.1, -0.05) is 18.4 Å². The number of allylic oxidation sites excluding steroid dienone is 3. The highest BCUT2D eigenvalue weighted by Gasteiger charge is 2.15. The fourth-order valence-corrected chi connectivity index (χ4v) is 1.80. The van der Waals surface area contributed by atoms with Crippen LogP contribution in [-0.2, 0) is 19.3 Å². The van der Waals surface area contributed by atoms with Crippen LogP contribution in [0.4, 0.5) is 0 Å². The van der Waals surface area contributed by atoms with E-state index in [4.69, 9.17) is 13.7 Å². The minimum absolute atomic E-state index is 0.180. The highest BCUT2D eigenvalue weighted by atomic mass is 32.2. The fraction of sp³-hybridized carbons (Fsp3) is 0.333. The Hall–Kier alpha value is -1.62. The molecule has 98 valence electrons. The van der Waals surface area contributed by atoms with Crippen LogP contribution in [0.2, 0.25) is 0 Å². The zero-order chi connectivity index (χ0) is 13.6. The SMILES string of the molecule is C=CC1=CC(OCCCS(=O)(=O)O)=C=CC1=[O+]C. The van der Waals surface area contributed by atoms with Gasteiger partial charge in [0.2, 0.25) is 0 Å². The first kappa shape index (κ1) is 14.4. The quantitative estimate of drug-likeness (QED) is 0.341. The molecule has 0 aliphatic heterocycles. The molecule has 0 saturated heterocycles. The lowest BCUT2D eigenvalue weighted by molar-refractivity contribution is -0.418. The molecule has 0 unspecified atom stereocenters. The van der Waals surface area contributed by atoms with Crippen LogP contribution in [-0.4, -0.2) is 38.2 Å². The van der Waals surface area contributed by atoms with E-state index in [-0.39, 0.29) is 18.8 Å². The maximum Gasteiger partial charge on any atom is 0.358 e. The van der Waals surface area contributed by atoms with Gasteiger partial charge in [0.05, 0.1) is 24.0 Å².